The molecule has 116 valence electrons. The van der Waals surface area contributed by atoms with Crippen LogP contribution in [-0.4, -0.2) is 20.8 Å². The number of nitrogens with zero attached hydrogens (tertiary/aromatic N) is 4. The highest BCUT2D eigenvalue weighted by Crippen LogP contribution is 2.39. The third kappa shape index (κ3) is 2.23. The molecular formula is C18H12N4O2. The number of rotatable bonds is 2. The van der Waals surface area contributed by atoms with Gasteiger partial charge in [-0.15, -0.1) is 0 Å². The van der Waals surface area contributed by atoms with Gasteiger partial charge in [-0.25, -0.2) is 4.98 Å². The van der Waals surface area contributed by atoms with Crippen molar-refractivity contribution in [3.8, 4) is 6.07 Å². The summed E-state index contributed by atoms with van der Waals surface area (Å²) in [5, 5.41) is 9.10. The Balaban J connectivity index is 1.80. The molecule has 0 N–H and O–H groups in total. The lowest BCUT2D eigenvalue weighted by Crippen LogP contribution is -2.30. The van der Waals surface area contributed by atoms with Gasteiger partial charge in [0.1, 0.15) is 6.04 Å². The van der Waals surface area contributed by atoms with Crippen molar-refractivity contribution in [2.45, 2.75) is 12.6 Å². The maximum Gasteiger partial charge on any atom is 0.256 e. The van der Waals surface area contributed by atoms with Gasteiger partial charge in [-0.05, 0) is 35.4 Å². The highest BCUT2D eigenvalue weighted by Gasteiger charge is 2.37. The number of aromatic nitrogens is 2. The monoisotopic (exact) mass is 316 g/mol. The van der Waals surface area contributed by atoms with E-state index in [2.05, 4.69) is 16.0 Å². The van der Waals surface area contributed by atoms with Crippen LogP contribution < -0.4 is 0 Å². The molecule has 1 amide bonds. The zero-order valence-electron chi connectivity index (χ0n) is 12.6. The van der Waals surface area contributed by atoms with E-state index in [0.717, 1.165) is 11.1 Å². The summed E-state index contributed by atoms with van der Waals surface area (Å²) in [5.74, 6) is 0.454. The average molecular weight is 316 g/mol. The van der Waals surface area contributed by atoms with E-state index >= 15 is 0 Å². The fourth-order valence-corrected chi connectivity index (χ4v) is 3.03. The van der Waals surface area contributed by atoms with Gasteiger partial charge in [0, 0.05) is 18.9 Å². The summed E-state index contributed by atoms with van der Waals surface area (Å²) in [6, 6.07) is 10.7. The summed E-state index contributed by atoms with van der Waals surface area (Å²) >= 11 is 0. The lowest BCUT2D eigenvalue weighted by atomic mass is 10.0. The lowest BCUT2D eigenvalue weighted by Gasteiger charge is -2.23. The zero-order valence-corrected chi connectivity index (χ0v) is 12.6. The molecule has 3 aromatic rings. The van der Waals surface area contributed by atoms with Crippen molar-refractivity contribution < 1.29 is 9.21 Å². The molecule has 6 heteroatoms. The Labute approximate surface area is 138 Å². The second-order valence-corrected chi connectivity index (χ2v) is 5.51. The largest absolute Gasteiger partial charge is 0.446 e. The molecule has 0 aliphatic carbocycles. The quantitative estimate of drug-likeness (QED) is 0.726. The van der Waals surface area contributed by atoms with Crippen LogP contribution in [0, 0.1) is 11.3 Å². The summed E-state index contributed by atoms with van der Waals surface area (Å²) in [6.45, 7) is 0.407. The maximum absolute atomic E-state index is 12.9. The third-order valence-corrected chi connectivity index (χ3v) is 4.11. The van der Waals surface area contributed by atoms with Gasteiger partial charge in [0.15, 0.2) is 12.2 Å². The second-order valence-electron chi connectivity index (χ2n) is 5.51. The zero-order chi connectivity index (χ0) is 16.5. The Bertz CT molecular complexity index is 929. The molecule has 1 aromatic carbocycles. The molecule has 2 aromatic heterocycles. The predicted octanol–water partition coefficient (Wildman–Crippen LogP) is 2.69. The lowest BCUT2D eigenvalue weighted by molar-refractivity contribution is 0.0703. The molecule has 0 unspecified atom stereocenters. The minimum Gasteiger partial charge on any atom is -0.446 e. The van der Waals surface area contributed by atoms with Crippen molar-refractivity contribution in [2.75, 3.05) is 0 Å². The molecule has 1 aliphatic heterocycles. The summed E-state index contributed by atoms with van der Waals surface area (Å²) in [7, 11) is 0. The number of pyridine rings is 1. The van der Waals surface area contributed by atoms with Crippen molar-refractivity contribution in [1.29, 1.82) is 5.26 Å². The highest BCUT2D eigenvalue weighted by atomic mass is 16.3. The van der Waals surface area contributed by atoms with Gasteiger partial charge in [-0.2, -0.15) is 5.26 Å². The Hall–Kier alpha value is -3.46. The number of hydrogen-bond acceptors (Lipinski definition) is 5. The van der Waals surface area contributed by atoms with Gasteiger partial charge in [-0.1, -0.05) is 6.07 Å². The van der Waals surface area contributed by atoms with E-state index in [1.807, 2.05) is 12.1 Å². The molecule has 24 heavy (non-hydrogen) atoms. The number of nitriles is 1. The van der Waals surface area contributed by atoms with Crippen LogP contribution in [0.1, 0.15) is 38.9 Å². The fourth-order valence-electron chi connectivity index (χ4n) is 3.03. The highest BCUT2D eigenvalue weighted by molar-refractivity contribution is 5.94. The van der Waals surface area contributed by atoms with Crippen molar-refractivity contribution in [3.05, 3.63) is 83.3 Å². The number of carbonyl (C=O) groups excluding carboxylic acids is 1. The van der Waals surface area contributed by atoms with Crippen LogP contribution in [0.4, 0.5) is 0 Å². The molecule has 0 saturated heterocycles. The molecule has 0 spiro atoms. The first-order chi connectivity index (χ1) is 11.8. The summed E-state index contributed by atoms with van der Waals surface area (Å²) in [4.78, 5) is 22.6. The van der Waals surface area contributed by atoms with Crippen LogP contribution in [0.15, 0.2) is 59.7 Å². The normalized spacial score (nSPS) is 15.8. The van der Waals surface area contributed by atoms with E-state index in [1.165, 1.54) is 6.39 Å². The summed E-state index contributed by atoms with van der Waals surface area (Å²) in [5.41, 5.74) is 2.96. The maximum atomic E-state index is 12.9. The number of fused-ring (bicyclic) bond motifs is 1. The number of benzene rings is 1. The number of hydrogen-bond donors (Lipinski definition) is 0. The molecule has 0 saturated carbocycles. The van der Waals surface area contributed by atoms with Crippen LogP contribution in [0.25, 0.3) is 0 Å². The van der Waals surface area contributed by atoms with Gasteiger partial charge in [0.2, 0.25) is 0 Å². The molecule has 3 heterocycles. The van der Waals surface area contributed by atoms with Gasteiger partial charge in [-0.3, -0.25) is 9.78 Å². The van der Waals surface area contributed by atoms with Crippen molar-refractivity contribution in [2.24, 2.45) is 0 Å². The standard InChI is InChI=1S/C18H12N4O2/c19-7-12-3-4-15-14(6-12)10-22(17(15)16-9-21-11-24-16)18(23)13-2-1-5-20-8-13/h1-6,8-9,11,17H,10H2/t17-/m0/s1. The van der Waals surface area contributed by atoms with E-state index in [9.17, 15) is 4.79 Å². The summed E-state index contributed by atoms with van der Waals surface area (Å²) in [6.07, 6.45) is 6.14. The number of oxazole rings is 1. The predicted molar refractivity (Wildman–Crippen MR) is 83.6 cm³/mol. The first-order valence-corrected chi connectivity index (χ1v) is 7.40. The van der Waals surface area contributed by atoms with E-state index in [1.54, 1.807) is 41.7 Å². The van der Waals surface area contributed by atoms with Crippen molar-refractivity contribution in [1.82, 2.24) is 14.9 Å². The van der Waals surface area contributed by atoms with Crippen LogP contribution in [0.3, 0.4) is 0 Å². The van der Waals surface area contributed by atoms with E-state index in [-0.39, 0.29) is 11.9 Å². The third-order valence-electron chi connectivity index (χ3n) is 4.11. The smallest absolute Gasteiger partial charge is 0.256 e. The minimum atomic E-state index is -0.358. The van der Waals surface area contributed by atoms with Crippen molar-refractivity contribution >= 4 is 5.91 Å². The van der Waals surface area contributed by atoms with Crippen LogP contribution in [-0.2, 0) is 6.54 Å². The van der Waals surface area contributed by atoms with Crippen LogP contribution >= 0.6 is 0 Å². The Morgan fingerprint density at radius 1 is 1.29 bits per heavy atom. The first kappa shape index (κ1) is 14.2. The van der Waals surface area contributed by atoms with Crippen LogP contribution in [0.2, 0.25) is 0 Å². The minimum absolute atomic E-state index is 0.140. The number of amides is 1. The first-order valence-electron chi connectivity index (χ1n) is 7.40. The average Bonchev–Trinajstić information content (AvgIpc) is 3.28. The van der Waals surface area contributed by atoms with Gasteiger partial charge < -0.3 is 9.32 Å². The molecule has 1 atom stereocenters. The van der Waals surface area contributed by atoms with E-state index < -0.39 is 0 Å². The molecule has 1 aliphatic rings. The SMILES string of the molecule is N#Cc1ccc2c(c1)CN(C(=O)c1cccnc1)[C@@H]2c1cnco1. The Morgan fingerprint density at radius 3 is 2.92 bits per heavy atom. The molecular weight excluding hydrogens is 304 g/mol. The Morgan fingerprint density at radius 2 is 2.21 bits per heavy atom. The molecule has 0 fully saturated rings. The van der Waals surface area contributed by atoms with E-state index in [4.69, 9.17) is 9.68 Å². The molecule has 0 bridgehead atoms. The fraction of sp³-hybridized carbons (Fsp3) is 0.111. The van der Waals surface area contributed by atoms with Gasteiger partial charge >= 0.3 is 0 Å². The topological polar surface area (TPSA) is 83.0 Å². The summed E-state index contributed by atoms with van der Waals surface area (Å²) < 4.78 is 5.46. The molecule has 6 nitrogen and oxygen atoms in total. The molecule has 0 radical (unpaired) electrons. The Kier molecular flexibility index (Phi) is 3.32. The van der Waals surface area contributed by atoms with Gasteiger partial charge in [0.05, 0.1) is 23.4 Å². The van der Waals surface area contributed by atoms with Crippen molar-refractivity contribution in [3.63, 3.8) is 0 Å². The second kappa shape index (κ2) is 5.63. The van der Waals surface area contributed by atoms with E-state index in [0.29, 0.717) is 23.4 Å². The number of carbonyl (C=O) groups is 1. The van der Waals surface area contributed by atoms with Gasteiger partial charge in [0.25, 0.3) is 5.91 Å². The molecule has 4 rings (SSSR count). The van der Waals surface area contributed by atoms with Crippen LogP contribution in [0.5, 0.6) is 0 Å².